The summed E-state index contributed by atoms with van der Waals surface area (Å²) in [5.74, 6) is 2.24. The molecule has 60 valence electrons. The van der Waals surface area contributed by atoms with Gasteiger partial charge in [0.05, 0.1) is 0 Å². The van der Waals surface area contributed by atoms with Gasteiger partial charge < -0.3 is 9.73 Å². The Kier molecular flexibility index (Phi) is 1.70. The van der Waals surface area contributed by atoms with Crippen LogP contribution in [0.3, 0.4) is 0 Å². The minimum Gasteiger partial charge on any atom is -0.466 e. The third kappa shape index (κ3) is 1.31. The highest BCUT2D eigenvalue weighted by Crippen LogP contribution is 2.17. The summed E-state index contributed by atoms with van der Waals surface area (Å²) in [6.07, 6.45) is 2.16. The molecule has 0 saturated carbocycles. The Labute approximate surface area is 66.6 Å². The lowest BCUT2D eigenvalue weighted by atomic mass is 10.1. The molecule has 2 rings (SSSR count). The molecule has 2 heteroatoms. The molecular weight excluding hydrogens is 138 g/mol. The van der Waals surface area contributed by atoms with Crippen molar-refractivity contribution in [3.8, 4) is 0 Å². The van der Waals surface area contributed by atoms with E-state index in [0.717, 1.165) is 31.7 Å². The quantitative estimate of drug-likeness (QED) is 0.604. The van der Waals surface area contributed by atoms with Crippen molar-refractivity contribution in [2.45, 2.75) is 19.8 Å². The normalized spacial score (nSPS) is 17.5. The summed E-state index contributed by atoms with van der Waals surface area (Å²) in [5.41, 5.74) is 1.40. The lowest BCUT2D eigenvalue weighted by molar-refractivity contribution is 0.480. The molecule has 0 saturated heterocycles. The first-order valence-corrected chi connectivity index (χ1v) is 4.15. The van der Waals surface area contributed by atoms with Crippen molar-refractivity contribution in [3.63, 3.8) is 0 Å². The molecule has 1 aromatic heterocycles. The van der Waals surface area contributed by atoms with Crippen LogP contribution in [0, 0.1) is 6.92 Å². The molecule has 0 spiro atoms. The van der Waals surface area contributed by atoms with E-state index in [1.165, 1.54) is 11.3 Å². The zero-order valence-electron chi connectivity index (χ0n) is 6.81. The summed E-state index contributed by atoms with van der Waals surface area (Å²) in [6.45, 7) is 4.16. The summed E-state index contributed by atoms with van der Waals surface area (Å²) in [7, 11) is 0. The van der Waals surface area contributed by atoms with E-state index in [4.69, 9.17) is 4.42 Å². The molecule has 11 heavy (non-hydrogen) atoms. The Hall–Kier alpha value is -0.760. The predicted molar refractivity (Wildman–Crippen MR) is 43.7 cm³/mol. The monoisotopic (exact) mass is 151 g/mol. The van der Waals surface area contributed by atoms with Crippen molar-refractivity contribution in [2.75, 3.05) is 13.1 Å². The maximum absolute atomic E-state index is 5.55. The molecule has 0 aliphatic carbocycles. The van der Waals surface area contributed by atoms with Gasteiger partial charge in [-0.3, -0.25) is 0 Å². The highest BCUT2D eigenvalue weighted by molar-refractivity contribution is 5.22. The van der Waals surface area contributed by atoms with Crippen LogP contribution >= 0.6 is 0 Å². The summed E-state index contributed by atoms with van der Waals surface area (Å²) in [6, 6.07) is 2.16. The highest BCUT2D eigenvalue weighted by atomic mass is 16.3. The summed E-state index contributed by atoms with van der Waals surface area (Å²) >= 11 is 0. The predicted octanol–water partition coefficient (Wildman–Crippen LogP) is 1.28. The first-order valence-electron chi connectivity index (χ1n) is 4.15. The molecule has 0 bridgehead atoms. The van der Waals surface area contributed by atoms with E-state index >= 15 is 0 Å². The SMILES string of the molecule is Cc1cc2c(o1)CCNCC2. The number of fused-ring (bicyclic) bond motifs is 1. The lowest BCUT2D eigenvalue weighted by Gasteiger charge is -1.94. The fourth-order valence-electron chi connectivity index (χ4n) is 1.59. The second-order valence-corrected chi connectivity index (χ2v) is 3.06. The van der Waals surface area contributed by atoms with E-state index in [9.17, 15) is 0 Å². The van der Waals surface area contributed by atoms with E-state index in [2.05, 4.69) is 11.4 Å². The molecule has 1 aliphatic rings. The first-order chi connectivity index (χ1) is 5.36. The molecule has 0 fully saturated rings. The Morgan fingerprint density at radius 2 is 2.18 bits per heavy atom. The van der Waals surface area contributed by atoms with Crippen molar-refractivity contribution in [3.05, 3.63) is 23.2 Å². The van der Waals surface area contributed by atoms with Crippen LogP contribution in [-0.4, -0.2) is 13.1 Å². The van der Waals surface area contributed by atoms with Crippen molar-refractivity contribution >= 4 is 0 Å². The Morgan fingerprint density at radius 3 is 3.09 bits per heavy atom. The van der Waals surface area contributed by atoms with Gasteiger partial charge in [0.1, 0.15) is 11.5 Å². The van der Waals surface area contributed by atoms with E-state index in [-0.39, 0.29) is 0 Å². The molecule has 1 aromatic rings. The van der Waals surface area contributed by atoms with Crippen molar-refractivity contribution in [1.29, 1.82) is 0 Å². The molecule has 0 atom stereocenters. The Balaban J connectivity index is 2.32. The summed E-state index contributed by atoms with van der Waals surface area (Å²) in [5, 5.41) is 3.34. The van der Waals surface area contributed by atoms with Gasteiger partial charge in [-0.25, -0.2) is 0 Å². The van der Waals surface area contributed by atoms with Crippen LogP contribution in [0.4, 0.5) is 0 Å². The lowest BCUT2D eigenvalue weighted by Crippen LogP contribution is -2.16. The molecule has 0 radical (unpaired) electrons. The van der Waals surface area contributed by atoms with Crippen LogP contribution in [0.1, 0.15) is 17.1 Å². The van der Waals surface area contributed by atoms with Gasteiger partial charge in [0.2, 0.25) is 0 Å². The molecule has 2 nitrogen and oxygen atoms in total. The van der Waals surface area contributed by atoms with Crippen molar-refractivity contribution in [2.24, 2.45) is 0 Å². The van der Waals surface area contributed by atoms with Gasteiger partial charge in [-0.2, -0.15) is 0 Å². The topological polar surface area (TPSA) is 25.2 Å². The smallest absolute Gasteiger partial charge is 0.108 e. The maximum Gasteiger partial charge on any atom is 0.108 e. The van der Waals surface area contributed by atoms with Gasteiger partial charge in [0.15, 0.2) is 0 Å². The standard InChI is InChI=1S/C9H13NO/c1-7-6-8-2-4-10-5-3-9(8)11-7/h6,10H,2-5H2,1H3. The van der Waals surface area contributed by atoms with Gasteiger partial charge in [-0.15, -0.1) is 0 Å². The largest absolute Gasteiger partial charge is 0.466 e. The number of hydrogen-bond acceptors (Lipinski definition) is 2. The van der Waals surface area contributed by atoms with Gasteiger partial charge in [-0.1, -0.05) is 0 Å². The Morgan fingerprint density at radius 1 is 1.36 bits per heavy atom. The van der Waals surface area contributed by atoms with E-state index in [0.29, 0.717) is 0 Å². The maximum atomic E-state index is 5.55. The molecule has 1 aliphatic heterocycles. The minimum atomic E-state index is 1.04. The van der Waals surface area contributed by atoms with Crippen LogP contribution in [0.5, 0.6) is 0 Å². The number of rotatable bonds is 0. The van der Waals surface area contributed by atoms with Crippen molar-refractivity contribution in [1.82, 2.24) is 5.32 Å². The molecule has 0 aromatic carbocycles. The number of aryl methyl sites for hydroxylation is 1. The van der Waals surface area contributed by atoms with Gasteiger partial charge in [0, 0.05) is 13.0 Å². The zero-order valence-corrected chi connectivity index (χ0v) is 6.81. The minimum absolute atomic E-state index is 1.04. The number of furan rings is 1. The van der Waals surface area contributed by atoms with Crippen LogP contribution in [0.25, 0.3) is 0 Å². The third-order valence-electron chi connectivity index (χ3n) is 2.12. The second-order valence-electron chi connectivity index (χ2n) is 3.06. The number of hydrogen-bond donors (Lipinski definition) is 1. The van der Waals surface area contributed by atoms with Crippen LogP contribution in [-0.2, 0) is 12.8 Å². The fourth-order valence-corrected chi connectivity index (χ4v) is 1.59. The van der Waals surface area contributed by atoms with E-state index < -0.39 is 0 Å². The molecule has 0 amide bonds. The zero-order chi connectivity index (χ0) is 7.68. The summed E-state index contributed by atoms with van der Waals surface area (Å²) in [4.78, 5) is 0. The summed E-state index contributed by atoms with van der Waals surface area (Å²) < 4.78 is 5.55. The second kappa shape index (κ2) is 2.70. The average molecular weight is 151 g/mol. The molecule has 1 N–H and O–H groups in total. The average Bonchev–Trinajstić information content (AvgIpc) is 2.17. The Bertz CT molecular complexity index is 229. The fraction of sp³-hybridized carbons (Fsp3) is 0.556. The van der Waals surface area contributed by atoms with Crippen LogP contribution < -0.4 is 5.32 Å². The van der Waals surface area contributed by atoms with Gasteiger partial charge >= 0.3 is 0 Å². The molecule has 0 unspecified atom stereocenters. The van der Waals surface area contributed by atoms with Gasteiger partial charge in [0.25, 0.3) is 0 Å². The van der Waals surface area contributed by atoms with Crippen LogP contribution in [0.2, 0.25) is 0 Å². The molecule has 2 heterocycles. The van der Waals surface area contributed by atoms with Crippen molar-refractivity contribution < 1.29 is 4.42 Å². The third-order valence-corrected chi connectivity index (χ3v) is 2.12. The van der Waals surface area contributed by atoms with E-state index in [1.54, 1.807) is 0 Å². The number of nitrogens with one attached hydrogen (secondary N) is 1. The first kappa shape index (κ1) is 6.92. The van der Waals surface area contributed by atoms with E-state index in [1.807, 2.05) is 6.92 Å². The molecular formula is C9H13NO. The van der Waals surface area contributed by atoms with Gasteiger partial charge in [-0.05, 0) is 31.5 Å². The highest BCUT2D eigenvalue weighted by Gasteiger charge is 2.10. The van der Waals surface area contributed by atoms with Crippen LogP contribution in [0.15, 0.2) is 10.5 Å².